The summed E-state index contributed by atoms with van der Waals surface area (Å²) < 4.78 is 40.9. The summed E-state index contributed by atoms with van der Waals surface area (Å²) in [6.07, 6.45) is -4.09. The minimum absolute atomic E-state index is 0.136. The zero-order chi connectivity index (χ0) is 21.2. The smallest absolute Gasteiger partial charge is 0.406 e. The van der Waals surface area contributed by atoms with E-state index in [0.717, 1.165) is 12.1 Å². The van der Waals surface area contributed by atoms with Crippen LogP contribution in [0.25, 0.3) is 0 Å². The van der Waals surface area contributed by atoms with Crippen molar-refractivity contribution >= 4 is 33.3 Å². The van der Waals surface area contributed by atoms with Crippen LogP contribution in [0, 0.1) is 5.92 Å². The van der Waals surface area contributed by atoms with Gasteiger partial charge in [0.1, 0.15) is 11.6 Å². The largest absolute Gasteiger partial charge is 0.573 e. The molecule has 1 aliphatic heterocycles. The monoisotopic (exact) mass is 475 g/mol. The number of amides is 1. The van der Waals surface area contributed by atoms with Crippen molar-refractivity contribution in [2.75, 3.05) is 29.9 Å². The van der Waals surface area contributed by atoms with E-state index >= 15 is 0 Å². The number of hydrogen-bond donors (Lipinski definition) is 3. The van der Waals surface area contributed by atoms with Crippen LogP contribution in [0.5, 0.6) is 5.75 Å². The highest BCUT2D eigenvalue weighted by atomic mass is 79.9. The Kier molecular flexibility index (Phi) is 6.30. The molecule has 2 aromatic rings. The second-order valence-corrected chi connectivity index (χ2v) is 7.33. The first-order chi connectivity index (χ1) is 13.7. The molecule has 1 fully saturated rings. The molecular formula is C18H17BrF3N3O4. The van der Waals surface area contributed by atoms with Crippen LogP contribution in [-0.4, -0.2) is 53.3 Å². The number of alkyl halides is 3. The first-order valence-electron chi connectivity index (χ1n) is 8.53. The first kappa shape index (κ1) is 21.3. The van der Waals surface area contributed by atoms with Gasteiger partial charge in [-0.1, -0.05) is 0 Å². The topological polar surface area (TPSA) is 94.9 Å². The normalized spacial score (nSPS) is 19.3. The number of carbonyl (C=O) groups is 1. The number of aliphatic hydroxyl groups excluding tert-OH is 2. The number of rotatable bonds is 5. The van der Waals surface area contributed by atoms with Crippen molar-refractivity contribution in [2.24, 2.45) is 5.92 Å². The van der Waals surface area contributed by atoms with Crippen molar-refractivity contribution in [3.05, 3.63) is 46.6 Å². The quantitative estimate of drug-likeness (QED) is 0.615. The number of hydrogen-bond acceptors (Lipinski definition) is 6. The number of β-amino-alcohol motifs (C(OH)–C–C–N with tert-alkyl or cyclic N) is 1. The van der Waals surface area contributed by atoms with Gasteiger partial charge in [-0.25, -0.2) is 4.98 Å². The van der Waals surface area contributed by atoms with E-state index < -0.39 is 24.1 Å². The van der Waals surface area contributed by atoms with Crippen molar-refractivity contribution in [3.8, 4) is 5.75 Å². The van der Waals surface area contributed by atoms with Crippen LogP contribution in [-0.2, 0) is 0 Å². The highest BCUT2D eigenvalue weighted by Crippen LogP contribution is 2.30. The van der Waals surface area contributed by atoms with Crippen LogP contribution >= 0.6 is 15.9 Å². The van der Waals surface area contributed by atoms with Gasteiger partial charge in [0, 0.05) is 30.9 Å². The molecule has 2 unspecified atom stereocenters. The van der Waals surface area contributed by atoms with Crippen LogP contribution in [0.4, 0.5) is 24.7 Å². The van der Waals surface area contributed by atoms with E-state index in [1.165, 1.54) is 18.3 Å². The Morgan fingerprint density at radius 2 is 2.00 bits per heavy atom. The molecule has 156 valence electrons. The third-order valence-electron chi connectivity index (χ3n) is 4.37. The molecule has 3 rings (SSSR count). The third-order valence-corrected chi connectivity index (χ3v) is 4.95. The summed E-state index contributed by atoms with van der Waals surface area (Å²) in [4.78, 5) is 18.5. The zero-order valence-electron chi connectivity index (χ0n) is 14.9. The number of halogens is 4. The third kappa shape index (κ3) is 5.37. The molecule has 29 heavy (non-hydrogen) atoms. The highest BCUT2D eigenvalue weighted by molar-refractivity contribution is 9.10. The lowest BCUT2D eigenvalue weighted by Gasteiger charge is -2.18. The van der Waals surface area contributed by atoms with Gasteiger partial charge in [-0.15, -0.1) is 13.2 Å². The van der Waals surface area contributed by atoms with E-state index in [4.69, 9.17) is 0 Å². The summed E-state index contributed by atoms with van der Waals surface area (Å²) in [5.74, 6) is -0.622. The minimum atomic E-state index is -4.78. The van der Waals surface area contributed by atoms with Gasteiger partial charge in [0.15, 0.2) is 0 Å². The van der Waals surface area contributed by atoms with E-state index in [1.54, 1.807) is 11.0 Å². The molecule has 11 heteroatoms. The molecule has 2 heterocycles. The maximum absolute atomic E-state index is 12.4. The molecule has 1 amide bonds. The van der Waals surface area contributed by atoms with E-state index in [1.807, 2.05) is 0 Å². The molecule has 1 aromatic heterocycles. The summed E-state index contributed by atoms with van der Waals surface area (Å²) in [6.45, 7) is 0.610. The van der Waals surface area contributed by atoms with Crippen LogP contribution in [0.2, 0.25) is 0 Å². The summed E-state index contributed by atoms with van der Waals surface area (Å²) in [7, 11) is 0. The van der Waals surface area contributed by atoms with Gasteiger partial charge in [-0.2, -0.15) is 0 Å². The predicted octanol–water partition coefficient (Wildman–Crippen LogP) is 2.78. The van der Waals surface area contributed by atoms with Gasteiger partial charge in [0.25, 0.3) is 5.91 Å². The standard InChI is InChI=1S/C18H17BrF3N3O4/c19-14-5-10(6-23-16(14)25-7-11(9-26)15(27)8-25)17(28)24-12-1-3-13(4-2-12)29-18(20,21)22/h1-6,11,15,26-27H,7-9H2,(H,24,28). The highest BCUT2D eigenvalue weighted by Gasteiger charge is 2.32. The number of carbonyl (C=O) groups excluding carboxylic acids is 1. The van der Waals surface area contributed by atoms with Crippen LogP contribution in [0.1, 0.15) is 10.4 Å². The van der Waals surface area contributed by atoms with Gasteiger partial charge in [-0.05, 0) is 46.3 Å². The Morgan fingerprint density at radius 1 is 1.31 bits per heavy atom. The fraction of sp³-hybridized carbons (Fsp3) is 0.333. The van der Waals surface area contributed by atoms with E-state index in [2.05, 4.69) is 31.0 Å². The average Bonchev–Trinajstić information content (AvgIpc) is 3.02. The van der Waals surface area contributed by atoms with Crippen LogP contribution < -0.4 is 15.0 Å². The minimum Gasteiger partial charge on any atom is -0.406 e. The number of ether oxygens (including phenoxy) is 1. The average molecular weight is 476 g/mol. The fourth-order valence-electron chi connectivity index (χ4n) is 2.94. The lowest BCUT2D eigenvalue weighted by molar-refractivity contribution is -0.274. The van der Waals surface area contributed by atoms with E-state index in [0.29, 0.717) is 23.4 Å². The van der Waals surface area contributed by atoms with E-state index in [-0.39, 0.29) is 23.8 Å². The number of aliphatic hydroxyl groups is 2. The summed E-state index contributed by atoms with van der Waals surface area (Å²) in [5, 5.41) is 21.7. The number of nitrogens with zero attached hydrogens (tertiary/aromatic N) is 2. The number of benzene rings is 1. The maximum Gasteiger partial charge on any atom is 0.573 e. The predicted molar refractivity (Wildman–Crippen MR) is 102 cm³/mol. The molecule has 0 spiro atoms. The number of aromatic nitrogens is 1. The lowest BCUT2D eigenvalue weighted by atomic mass is 10.1. The molecule has 0 aliphatic carbocycles. The van der Waals surface area contributed by atoms with Gasteiger partial charge in [0.05, 0.1) is 22.7 Å². The molecule has 7 nitrogen and oxygen atoms in total. The Balaban J connectivity index is 1.66. The molecule has 1 aromatic carbocycles. The second-order valence-electron chi connectivity index (χ2n) is 6.47. The number of anilines is 2. The Morgan fingerprint density at radius 3 is 2.55 bits per heavy atom. The van der Waals surface area contributed by atoms with Crippen molar-refractivity contribution in [1.82, 2.24) is 4.98 Å². The summed E-state index contributed by atoms with van der Waals surface area (Å²) in [5.41, 5.74) is 0.521. The SMILES string of the molecule is O=C(Nc1ccc(OC(F)(F)F)cc1)c1cnc(N2CC(O)C(CO)C2)c(Br)c1. The van der Waals surface area contributed by atoms with Gasteiger partial charge in [0.2, 0.25) is 0 Å². The Hall–Kier alpha value is -2.37. The van der Waals surface area contributed by atoms with Crippen molar-refractivity contribution in [2.45, 2.75) is 12.5 Å². The maximum atomic E-state index is 12.4. The van der Waals surface area contributed by atoms with Crippen molar-refractivity contribution in [1.29, 1.82) is 0 Å². The van der Waals surface area contributed by atoms with Crippen LogP contribution in [0.3, 0.4) is 0 Å². The summed E-state index contributed by atoms with van der Waals surface area (Å²) in [6, 6.07) is 6.32. The number of nitrogens with one attached hydrogen (secondary N) is 1. The van der Waals surface area contributed by atoms with Gasteiger partial charge in [-0.3, -0.25) is 4.79 Å². The summed E-state index contributed by atoms with van der Waals surface area (Å²) >= 11 is 3.36. The first-order valence-corrected chi connectivity index (χ1v) is 9.32. The fourth-order valence-corrected chi connectivity index (χ4v) is 3.54. The Labute approximate surface area is 172 Å². The van der Waals surface area contributed by atoms with Crippen LogP contribution in [0.15, 0.2) is 41.0 Å². The number of pyridine rings is 1. The molecule has 1 aliphatic rings. The van der Waals surface area contributed by atoms with Crippen molar-refractivity contribution in [3.63, 3.8) is 0 Å². The zero-order valence-corrected chi connectivity index (χ0v) is 16.4. The van der Waals surface area contributed by atoms with Crippen molar-refractivity contribution < 1.29 is 32.9 Å². The lowest BCUT2D eigenvalue weighted by Crippen LogP contribution is -2.23. The van der Waals surface area contributed by atoms with E-state index in [9.17, 15) is 28.2 Å². The molecule has 0 bridgehead atoms. The molecular weight excluding hydrogens is 459 g/mol. The molecule has 1 saturated heterocycles. The van der Waals surface area contributed by atoms with Gasteiger partial charge >= 0.3 is 6.36 Å². The molecule has 2 atom stereocenters. The molecule has 0 saturated carbocycles. The molecule has 0 radical (unpaired) electrons. The second kappa shape index (κ2) is 8.56. The Bertz CT molecular complexity index is 880. The van der Waals surface area contributed by atoms with Gasteiger partial charge < -0.3 is 25.2 Å². The molecule has 3 N–H and O–H groups in total.